The molecule has 2 heterocycles. The molecule has 1 aliphatic heterocycles. The lowest BCUT2D eigenvalue weighted by molar-refractivity contribution is 0.209. The van der Waals surface area contributed by atoms with Gasteiger partial charge >= 0.3 is 0 Å². The van der Waals surface area contributed by atoms with E-state index in [-0.39, 0.29) is 0 Å². The van der Waals surface area contributed by atoms with Crippen molar-refractivity contribution in [2.45, 2.75) is 0 Å². The molecule has 0 unspecified atom stereocenters. The smallest absolute Gasteiger partial charge is 0.128 e. The van der Waals surface area contributed by atoms with Crippen molar-refractivity contribution in [3.8, 4) is 0 Å². The molecular weight excluding hydrogens is 359 g/mol. The SMILES string of the molecule is CO/N=C(\CN1CCN(c2ccccn2)CC1)c1ccc(Cl)c(Cl)c1. The van der Waals surface area contributed by atoms with Crippen molar-refractivity contribution in [2.24, 2.45) is 5.16 Å². The van der Waals surface area contributed by atoms with Crippen LogP contribution in [-0.2, 0) is 4.84 Å². The van der Waals surface area contributed by atoms with Gasteiger partial charge < -0.3 is 9.74 Å². The van der Waals surface area contributed by atoms with Gasteiger partial charge in [0.15, 0.2) is 0 Å². The molecule has 1 aliphatic rings. The van der Waals surface area contributed by atoms with E-state index < -0.39 is 0 Å². The van der Waals surface area contributed by atoms with Crippen LogP contribution >= 0.6 is 23.2 Å². The predicted molar refractivity (Wildman–Crippen MR) is 103 cm³/mol. The predicted octanol–water partition coefficient (Wildman–Crippen LogP) is 3.56. The van der Waals surface area contributed by atoms with Crippen molar-refractivity contribution in [1.29, 1.82) is 0 Å². The summed E-state index contributed by atoms with van der Waals surface area (Å²) in [5, 5.41) is 5.23. The van der Waals surface area contributed by atoms with Crippen molar-refractivity contribution in [3.63, 3.8) is 0 Å². The number of oxime groups is 1. The molecule has 0 amide bonds. The second-order valence-corrected chi connectivity index (χ2v) is 6.61. The third kappa shape index (κ3) is 4.63. The minimum Gasteiger partial charge on any atom is -0.399 e. The van der Waals surface area contributed by atoms with E-state index in [0.717, 1.165) is 43.3 Å². The van der Waals surface area contributed by atoms with Crippen molar-refractivity contribution < 1.29 is 4.84 Å². The van der Waals surface area contributed by atoms with Gasteiger partial charge in [0.05, 0.1) is 10.0 Å². The Balaban J connectivity index is 1.64. The molecule has 1 aromatic carbocycles. The van der Waals surface area contributed by atoms with Gasteiger partial charge in [-0.3, -0.25) is 4.90 Å². The number of halogens is 2. The Hall–Kier alpha value is -1.82. The number of rotatable bonds is 5. The number of benzene rings is 1. The van der Waals surface area contributed by atoms with E-state index in [0.29, 0.717) is 16.6 Å². The summed E-state index contributed by atoms with van der Waals surface area (Å²) in [4.78, 5) is 14.1. The maximum atomic E-state index is 6.13. The zero-order valence-corrected chi connectivity index (χ0v) is 15.5. The Labute approximate surface area is 157 Å². The third-order valence-electron chi connectivity index (χ3n) is 4.17. The first kappa shape index (κ1) is 18.0. The molecule has 25 heavy (non-hydrogen) atoms. The summed E-state index contributed by atoms with van der Waals surface area (Å²) in [5.74, 6) is 1.03. The summed E-state index contributed by atoms with van der Waals surface area (Å²) in [6.45, 7) is 4.42. The number of nitrogens with zero attached hydrogens (tertiary/aromatic N) is 4. The summed E-state index contributed by atoms with van der Waals surface area (Å²) in [6.07, 6.45) is 1.83. The van der Waals surface area contributed by atoms with Crippen LogP contribution in [0.2, 0.25) is 10.0 Å². The average Bonchev–Trinajstić information content (AvgIpc) is 2.65. The van der Waals surface area contributed by atoms with E-state index in [2.05, 4.69) is 19.9 Å². The Morgan fingerprint density at radius 2 is 1.92 bits per heavy atom. The van der Waals surface area contributed by atoms with Crippen LogP contribution in [0.4, 0.5) is 5.82 Å². The highest BCUT2D eigenvalue weighted by Crippen LogP contribution is 2.23. The topological polar surface area (TPSA) is 41.0 Å². The second kappa shape index (κ2) is 8.52. The van der Waals surface area contributed by atoms with Crippen LogP contribution in [0.15, 0.2) is 47.8 Å². The maximum Gasteiger partial charge on any atom is 0.128 e. The summed E-state index contributed by atoms with van der Waals surface area (Å²) < 4.78 is 0. The first-order chi connectivity index (χ1) is 12.2. The molecule has 132 valence electrons. The lowest BCUT2D eigenvalue weighted by Crippen LogP contribution is -2.48. The zero-order valence-electron chi connectivity index (χ0n) is 14.0. The number of pyridine rings is 1. The molecule has 0 radical (unpaired) electrons. The van der Waals surface area contributed by atoms with Crippen LogP contribution in [-0.4, -0.2) is 55.4 Å². The first-order valence-electron chi connectivity index (χ1n) is 8.11. The zero-order chi connectivity index (χ0) is 17.6. The summed E-state index contributed by atoms with van der Waals surface area (Å²) in [7, 11) is 1.55. The van der Waals surface area contributed by atoms with Crippen LogP contribution in [0.1, 0.15) is 5.56 Å². The van der Waals surface area contributed by atoms with E-state index in [9.17, 15) is 0 Å². The third-order valence-corrected chi connectivity index (χ3v) is 4.91. The van der Waals surface area contributed by atoms with Gasteiger partial charge in [0.2, 0.25) is 0 Å². The highest BCUT2D eigenvalue weighted by atomic mass is 35.5. The molecule has 7 heteroatoms. The van der Waals surface area contributed by atoms with Gasteiger partial charge in [0, 0.05) is 44.5 Å². The average molecular weight is 379 g/mol. The van der Waals surface area contributed by atoms with Gasteiger partial charge in [-0.2, -0.15) is 0 Å². The van der Waals surface area contributed by atoms with Crippen molar-refractivity contribution in [2.75, 3.05) is 44.7 Å². The second-order valence-electron chi connectivity index (χ2n) is 5.80. The molecule has 0 atom stereocenters. The standard InChI is InChI=1S/C18H20Cl2N4O/c1-25-22-17(14-5-6-15(19)16(20)12-14)13-23-8-10-24(11-9-23)18-4-2-3-7-21-18/h2-7,12H,8-11,13H2,1H3/b22-17+. The van der Waals surface area contributed by atoms with Gasteiger partial charge in [-0.1, -0.05) is 40.5 Å². The fourth-order valence-electron chi connectivity index (χ4n) is 2.85. The van der Waals surface area contributed by atoms with Crippen LogP contribution in [0, 0.1) is 0 Å². The number of aromatic nitrogens is 1. The minimum absolute atomic E-state index is 0.517. The normalized spacial score (nSPS) is 16.1. The quantitative estimate of drug-likeness (QED) is 0.589. The van der Waals surface area contributed by atoms with Gasteiger partial charge in [-0.25, -0.2) is 4.98 Å². The lowest BCUT2D eigenvalue weighted by atomic mass is 10.1. The molecule has 1 aromatic heterocycles. The Kier molecular flexibility index (Phi) is 6.13. The number of hydrogen-bond acceptors (Lipinski definition) is 5. The lowest BCUT2D eigenvalue weighted by Gasteiger charge is -2.35. The van der Waals surface area contributed by atoms with Crippen LogP contribution in [0.3, 0.4) is 0 Å². The molecule has 1 fully saturated rings. The molecule has 5 nitrogen and oxygen atoms in total. The molecule has 0 bridgehead atoms. The fraction of sp³-hybridized carbons (Fsp3) is 0.333. The monoisotopic (exact) mass is 378 g/mol. The molecule has 1 saturated heterocycles. The van der Waals surface area contributed by atoms with Crippen LogP contribution in [0.25, 0.3) is 0 Å². The van der Waals surface area contributed by atoms with Gasteiger partial charge in [0.1, 0.15) is 18.6 Å². The Morgan fingerprint density at radius 3 is 2.56 bits per heavy atom. The van der Waals surface area contributed by atoms with E-state index >= 15 is 0 Å². The van der Waals surface area contributed by atoms with Gasteiger partial charge in [0.25, 0.3) is 0 Å². The number of hydrogen-bond donors (Lipinski definition) is 0. The van der Waals surface area contributed by atoms with Crippen molar-refractivity contribution in [3.05, 3.63) is 58.2 Å². The Morgan fingerprint density at radius 1 is 1.12 bits per heavy atom. The Bertz CT molecular complexity index is 731. The van der Waals surface area contributed by atoms with Crippen molar-refractivity contribution in [1.82, 2.24) is 9.88 Å². The highest BCUT2D eigenvalue weighted by Gasteiger charge is 2.20. The van der Waals surface area contributed by atoms with Crippen molar-refractivity contribution >= 4 is 34.7 Å². The molecular formula is C18H20Cl2N4O. The molecule has 0 saturated carbocycles. The number of anilines is 1. The van der Waals surface area contributed by atoms with E-state index in [1.54, 1.807) is 13.2 Å². The van der Waals surface area contributed by atoms with E-state index in [1.807, 2.05) is 36.5 Å². The molecule has 0 N–H and O–H groups in total. The molecule has 0 aliphatic carbocycles. The largest absolute Gasteiger partial charge is 0.399 e. The first-order valence-corrected chi connectivity index (χ1v) is 8.87. The molecule has 3 rings (SSSR count). The van der Waals surface area contributed by atoms with Gasteiger partial charge in [-0.05, 0) is 24.3 Å². The summed E-state index contributed by atoms with van der Waals surface area (Å²) >= 11 is 12.1. The van der Waals surface area contributed by atoms with Crippen LogP contribution < -0.4 is 4.90 Å². The highest BCUT2D eigenvalue weighted by molar-refractivity contribution is 6.42. The van der Waals surface area contributed by atoms with Gasteiger partial charge in [-0.15, -0.1) is 0 Å². The molecule has 0 spiro atoms. The van der Waals surface area contributed by atoms with Crippen LogP contribution in [0.5, 0.6) is 0 Å². The maximum absolute atomic E-state index is 6.13. The summed E-state index contributed by atoms with van der Waals surface area (Å²) in [5.41, 5.74) is 1.76. The number of piperazine rings is 1. The minimum atomic E-state index is 0.517. The van der Waals surface area contributed by atoms with E-state index in [1.165, 1.54) is 0 Å². The fourth-order valence-corrected chi connectivity index (χ4v) is 3.14. The summed E-state index contributed by atoms with van der Waals surface area (Å²) in [6, 6.07) is 11.5. The van der Waals surface area contributed by atoms with E-state index in [4.69, 9.17) is 28.0 Å². The molecule has 2 aromatic rings.